The topological polar surface area (TPSA) is 96.6 Å². The summed E-state index contributed by atoms with van der Waals surface area (Å²) in [6, 6.07) is 0.00577. The lowest BCUT2D eigenvalue weighted by molar-refractivity contribution is -0.128. The minimum atomic E-state index is -0.923. The quantitative estimate of drug-likeness (QED) is 0.591. The van der Waals surface area contributed by atoms with Crippen molar-refractivity contribution in [1.82, 2.24) is 25.3 Å². The molecule has 5 aliphatic rings. The monoisotopic (exact) mass is 556 g/mol. The fourth-order valence-electron chi connectivity index (χ4n) is 7.57. The average molecular weight is 557 g/mol. The molecule has 0 aromatic carbocycles. The predicted molar refractivity (Wildman–Crippen MR) is 144 cm³/mol. The van der Waals surface area contributed by atoms with Gasteiger partial charge in [0.1, 0.15) is 18.6 Å². The van der Waals surface area contributed by atoms with Crippen molar-refractivity contribution in [3.05, 3.63) is 17.1 Å². The molecule has 3 aliphatic carbocycles. The number of hydrogen-bond acceptors (Lipinski definition) is 9. The minimum absolute atomic E-state index is 0.0142. The second-order valence-electron chi connectivity index (χ2n) is 12.8. The van der Waals surface area contributed by atoms with Crippen molar-refractivity contribution in [1.29, 1.82) is 0 Å². The Balaban J connectivity index is 1.28. The highest BCUT2D eigenvalue weighted by molar-refractivity contribution is 5.91. The Kier molecular flexibility index (Phi) is 6.38. The lowest BCUT2D eigenvalue weighted by Crippen LogP contribution is -2.57. The molecule has 40 heavy (non-hydrogen) atoms. The maximum Gasteiger partial charge on any atom is 0.256 e. The number of alkyl halides is 1. The van der Waals surface area contributed by atoms with Gasteiger partial charge in [-0.05, 0) is 65.3 Å². The molecule has 0 unspecified atom stereocenters. The van der Waals surface area contributed by atoms with E-state index in [4.69, 9.17) is 14.2 Å². The summed E-state index contributed by atoms with van der Waals surface area (Å²) in [6.45, 7) is 3.80. The first-order chi connectivity index (χ1) is 19.3. The summed E-state index contributed by atoms with van der Waals surface area (Å²) in [5, 5.41) is 8.06. The Hall–Kier alpha value is -2.66. The summed E-state index contributed by atoms with van der Waals surface area (Å²) in [5.41, 5.74) is 0.680. The van der Waals surface area contributed by atoms with E-state index in [2.05, 4.69) is 22.4 Å². The van der Waals surface area contributed by atoms with Crippen LogP contribution in [0.15, 0.2) is 4.52 Å². The number of likely N-dealkylation sites (tertiary alicyclic amines) is 1. The molecule has 11 heteroatoms. The van der Waals surface area contributed by atoms with E-state index in [9.17, 15) is 9.18 Å². The van der Waals surface area contributed by atoms with Crippen LogP contribution in [0.4, 0.5) is 14.6 Å². The molecule has 4 atom stereocenters. The van der Waals surface area contributed by atoms with Crippen LogP contribution in [0.3, 0.4) is 0 Å². The zero-order valence-corrected chi connectivity index (χ0v) is 23.3. The number of anilines is 1. The number of ketones is 1. The zero-order chi connectivity index (χ0) is 27.6. The smallest absolute Gasteiger partial charge is 0.256 e. The molecule has 2 saturated heterocycles. The summed E-state index contributed by atoms with van der Waals surface area (Å²) < 4.78 is 42.0. The molecule has 2 saturated carbocycles. The maximum atomic E-state index is 16.1. The van der Waals surface area contributed by atoms with E-state index in [1.54, 1.807) is 0 Å². The van der Waals surface area contributed by atoms with Crippen LogP contribution < -0.4 is 15.0 Å². The van der Waals surface area contributed by atoms with E-state index in [1.165, 1.54) is 0 Å². The molecule has 4 heterocycles. The molecule has 2 aromatic rings. The van der Waals surface area contributed by atoms with Crippen LogP contribution in [-0.2, 0) is 16.6 Å². The van der Waals surface area contributed by atoms with Crippen LogP contribution in [0.25, 0.3) is 11.5 Å². The van der Waals surface area contributed by atoms with Crippen LogP contribution in [-0.4, -0.2) is 82.9 Å². The summed E-state index contributed by atoms with van der Waals surface area (Å²) in [5.74, 6) is 0.549. The number of rotatable bonds is 5. The van der Waals surface area contributed by atoms with Gasteiger partial charge >= 0.3 is 0 Å². The molecule has 1 N–H and O–H groups in total. The van der Waals surface area contributed by atoms with Gasteiger partial charge in [0.15, 0.2) is 23.1 Å². The fourth-order valence-corrected chi connectivity index (χ4v) is 7.57. The van der Waals surface area contributed by atoms with E-state index in [1.807, 2.05) is 16.8 Å². The largest absolute Gasteiger partial charge is 0.474 e. The average Bonchev–Trinajstić information content (AvgIpc) is 3.35. The molecule has 0 amide bonds. The van der Waals surface area contributed by atoms with Crippen LogP contribution in [0.5, 0.6) is 5.88 Å². The van der Waals surface area contributed by atoms with E-state index in [0.29, 0.717) is 50.4 Å². The Morgan fingerprint density at radius 2 is 1.95 bits per heavy atom. The fraction of sp³-hybridized carbons (Fsp3) is 0.724. The van der Waals surface area contributed by atoms with E-state index in [0.717, 1.165) is 50.5 Å². The normalized spacial score (nSPS) is 31.6. The van der Waals surface area contributed by atoms with E-state index >= 15 is 4.39 Å². The second-order valence-corrected chi connectivity index (χ2v) is 12.8. The second kappa shape index (κ2) is 9.72. The van der Waals surface area contributed by atoms with Gasteiger partial charge in [0.25, 0.3) is 5.88 Å². The minimum Gasteiger partial charge on any atom is -0.474 e. The van der Waals surface area contributed by atoms with Crippen molar-refractivity contribution >= 4 is 11.6 Å². The van der Waals surface area contributed by atoms with Gasteiger partial charge in [-0.2, -0.15) is 9.37 Å². The Morgan fingerprint density at radius 1 is 1.12 bits per heavy atom. The predicted octanol–water partition coefficient (Wildman–Crippen LogP) is 3.74. The molecule has 0 bridgehead atoms. The maximum absolute atomic E-state index is 16.1. The summed E-state index contributed by atoms with van der Waals surface area (Å²) in [6.07, 6.45) is 7.04. The zero-order valence-electron chi connectivity index (χ0n) is 23.3. The first-order valence-electron chi connectivity index (χ1n) is 14.9. The first-order valence-corrected chi connectivity index (χ1v) is 14.9. The van der Waals surface area contributed by atoms with Crippen molar-refractivity contribution in [2.75, 3.05) is 38.2 Å². The number of nitrogens with zero attached hydrogens (tertiary/aromatic N) is 5. The van der Waals surface area contributed by atoms with Gasteiger partial charge in [0, 0.05) is 49.2 Å². The first kappa shape index (κ1) is 26.3. The number of carbonyl (C=O) groups is 1. The van der Waals surface area contributed by atoms with Gasteiger partial charge in [-0.25, -0.2) is 9.37 Å². The number of ether oxygens (including phenoxy) is 1. The molecule has 7 rings (SSSR count). The van der Waals surface area contributed by atoms with Gasteiger partial charge in [-0.3, -0.25) is 9.69 Å². The van der Waals surface area contributed by atoms with Crippen molar-refractivity contribution < 1.29 is 22.8 Å². The third-order valence-electron chi connectivity index (χ3n) is 9.80. The lowest BCUT2D eigenvalue weighted by atomic mass is 9.64. The van der Waals surface area contributed by atoms with Crippen LogP contribution in [0, 0.1) is 5.82 Å². The summed E-state index contributed by atoms with van der Waals surface area (Å²) in [7, 11) is 1.85. The number of likely N-dealkylation sites (N-methyl/N-ethyl adjacent to an activating group) is 1. The lowest BCUT2D eigenvalue weighted by Gasteiger charge is -2.39. The Bertz CT molecular complexity index is 1310. The number of halogens is 2. The number of fused-ring (bicyclic) bond motifs is 2. The van der Waals surface area contributed by atoms with E-state index < -0.39 is 17.4 Å². The highest BCUT2D eigenvalue weighted by Gasteiger charge is 2.50. The third kappa shape index (κ3) is 4.40. The molecule has 0 radical (unpaired) electrons. The number of piperazine rings is 1. The van der Waals surface area contributed by atoms with Crippen LogP contribution in [0.1, 0.15) is 76.0 Å². The van der Waals surface area contributed by atoms with Crippen molar-refractivity contribution in [2.24, 2.45) is 0 Å². The molecule has 216 valence electrons. The molecule has 2 aromatic heterocycles. The number of Topliss-reactive ketones (excluding diaryl/α,β-unsaturated/α-hetero) is 1. The summed E-state index contributed by atoms with van der Waals surface area (Å²) in [4.78, 5) is 26.3. The van der Waals surface area contributed by atoms with Gasteiger partial charge in [-0.15, -0.1) is 0 Å². The molecule has 2 spiro atoms. The summed E-state index contributed by atoms with van der Waals surface area (Å²) >= 11 is 0. The number of hydrogen-bond donors (Lipinski definition) is 1. The van der Waals surface area contributed by atoms with Gasteiger partial charge < -0.3 is 19.5 Å². The molecular formula is C29H38F2N6O3. The molecule has 4 fully saturated rings. The van der Waals surface area contributed by atoms with E-state index in [-0.39, 0.29) is 47.5 Å². The van der Waals surface area contributed by atoms with Gasteiger partial charge in [0.2, 0.25) is 5.82 Å². The van der Waals surface area contributed by atoms with Crippen LogP contribution in [0.2, 0.25) is 0 Å². The van der Waals surface area contributed by atoms with Crippen molar-refractivity contribution in [2.45, 2.75) is 100 Å². The third-order valence-corrected chi connectivity index (χ3v) is 9.80. The van der Waals surface area contributed by atoms with Crippen LogP contribution >= 0.6 is 0 Å². The SMILES string of the molecule is C[C@@H]1CN(c2nc(-c3noc4c3CCC[C@@]43CCCCC3=O)nc(OC[C@@H]3C[C@@H](F)CN3C)c2F)CC2(CC2)N1. The van der Waals surface area contributed by atoms with Gasteiger partial charge in [-0.1, -0.05) is 11.6 Å². The Labute approximate surface area is 233 Å². The molecule has 2 aliphatic heterocycles. The standard InChI is InChI=1S/C29H38F2N6O3/c1-17-13-37(16-28(34-17)10-11-28)26-22(31)27(39-15-19-12-18(30)14-36(19)2)33-25(32-26)23-20-6-5-9-29(24(20)40-35-23)8-4-3-7-21(29)38/h17-19,34H,3-16H2,1-2H3/t17-,18-,19+,29-/m1/s1. The molecular weight excluding hydrogens is 518 g/mol. The van der Waals surface area contributed by atoms with Crippen molar-refractivity contribution in [3.8, 4) is 17.4 Å². The number of carbonyl (C=O) groups excluding carboxylic acids is 1. The highest BCUT2D eigenvalue weighted by Crippen LogP contribution is 2.48. The van der Waals surface area contributed by atoms with Crippen molar-refractivity contribution in [3.63, 3.8) is 0 Å². The van der Waals surface area contributed by atoms with Gasteiger partial charge in [0.05, 0.1) is 5.41 Å². The number of nitrogens with one attached hydrogen (secondary N) is 1. The Morgan fingerprint density at radius 3 is 2.70 bits per heavy atom. The molecule has 9 nitrogen and oxygen atoms in total. The number of aromatic nitrogens is 3. The highest BCUT2D eigenvalue weighted by atomic mass is 19.1.